The van der Waals surface area contributed by atoms with Crippen molar-refractivity contribution in [3.05, 3.63) is 89.5 Å². The molecule has 3 aromatic rings. The Morgan fingerprint density at radius 3 is 2.44 bits per heavy atom. The molecule has 0 unspecified atom stereocenters. The van der Waals surface area contributed by atoms with E-state index in [1.165, 1.54) is 7.11 Å². The van der Waals surface area contributed by atoms with E-state index in [-0.39, 0.29) is 5.78 Å². The SMILES string of the molecule is COc1ccc(C2=NO[C@@]3(C(=O)Nc4ccccc43)[C@H]2C(=O)c2ccccc2)cc1OC. The highest BCUT2D eigenvalue weighted by Gasteiger charge is 2.63. The van der Waals surface area contributed by atoms with Crippen LogP contribution in [0.3, 0.4) is 0 Å². The number of carbonyl (C=O) groups is 2. The first-order chi connectivity index (χ1) is 15.6. The summed E-state index contributed by atoms with van der Waals surface area (Å²) in [7, 11) is 3.08. The van der Waals surface area contributed by atoms with Crippen LogP contribution in [-0.2, 0) is 15.2 Å². The zero-order chi connectivity index (χ0) is 22.3. The van der Waals surface area contributed by atoms with E-state index in [0.29, 0.717) is 39.6 Å². The molecular weight excluding hydrogens is 408 g/mol. The molecule has 1 spiro atoms. The number of nitrogens with one attached hydrogen (secondary N) is 1. The number of nitrogens with zero attached hydrogens (tertiary/aromatic N) is 1. The third kappa shape index (κ3) is 2.78. The molecular formula is C25H20N2O5. The highest BCUT2D eigenvalue weighted by Crippen LogP contribution is 2.50. The van der Waals surface area contributed by atoms with Crippen LogP contribution in [0.5, 0.6) is 11.5 Å². The number of oxime groups is 1. The molecule has 0 radical (unpaired) electrons. The number of para-hydroxylation sites is 1. The van der Waals surface area contributed by atoms with Crippen molar-refractivity contribution in [2.75, 3.05) is 19.5 Å². The number of ketones is 1. The summed E-state index contributed by atoms with van der Waals surface area (Å²) in [4.78, 5) is 33.0. The number of carbonyl (C=O) groups excluding carboxylic acids is 2. The summed E-state index contributed by atoms with van der Waals surface area (Å²) in [5, 5.41) is 7.13. The first-order valence-electron chi connectivity index (χ1n) is 10.1. The van der Waals surface area contributed by atoms with E-state index in [4.69, 9.17) is 14.3 Å². The second kappa shape index (κ2) is 7.53. The number of rotatable bonds is 5. The zero-order valence-corrected chi connectivity index (χ0v) is 17.5. The first kappa shape index (κ1) is 19.8. The van der Waals surface area contributed by atoms with Crippen LogP contribution in [0.4, 0.5) is 5.69 Å². The monoisotopic (exact) mass is 428 g/mol. The summed E-state index contributed by atoms with van der Waals surface area (Å²) >= 11 is 0. The van der Waals surface area contributed by atoms with E-state index in [9.17, 15) is 9.59 Å². The minimum Gasteiger partial charge on any atom is -0.493 e. The molecule has 0 aromatic heterocycles. The van der Waals surface area contributed by atoms with E-state index in [1.807, 2.05) is 18.2 Å². The normalized spacial score (nSPS) is 20.9. The maximum atomic E-state index is 13.8. The number of hydrogen-bond acceptors (Lipinski definition) is 6. The number of benzene rings is 3. The number of Topliss-reactive ketones (excluding diaryl/α,β-unsaturated/α-hetero) is 1. The number of anilines is 1. The van der Waals surface area contributed by atoms with Crippen LogP contribution < -0.4 is 14.8 Å². The molecule has 160 valence electrons. The summed E-state index contributed by atoms with van der Waals surface area (Å²) in [6, 6.07) is 21.3. The Bertz CT molecular complexity index is 1250. The fourth-order valence-electron chi connectivity index (χ4n) is 4.34. The predicted molar refractivity (Wildman–Crippen MR) is 118 cm³/mol. The Kier molecular flexibility index (Phi) is 4.66. The average Bonchev–Trinajstić information content (AvgIpc) is 3.37. The van der Waals surface area contributed by atoms with Gasteiger partial charge in [-0.15, -0.1) is 0 Å². The molecule has 2 heterocycles. The lowest BCUT2D eigenvalue weighted by molar-refractivity contribution is -0.140. The van der Waals surface area contributed by atoms with E-state index in [1.54, 1.807) is 61.7 Å². The maximum Gasteiger partial charge on any atom is 0.277 e. The molecule has 0 bridgehead atoms. The zero-order valence-electron chi connectivity index (χ0n) is 17.5. The van der Waals surface area contributed by atoms with Crippen LogP contribution in [-0.4, -0.2) is 31.6 Å². The van der Waals surface area contributed by atoms with Crippen LogP contribution >= 0.6 is 0 Å². The Balaban J connectivity index is 1.69. The van der Waals surface area contributed by atoms with Gasteiger partial charge in [0.05, 0.1) is 14.2 Å². The molecule has 2 atom stereocenters. The lowest BCUT2D eigenvalue weighted by atomic mass is 9.74. The Labute approximate surface area is 184 Å². The third-order valence-electron chi connectivity index (χ3n) is 5.88. The number of amides is 1. The summed E-state index contributed by atoms with van der Waals surface area (Å²) in [6.07, 6.45) is 0. The average molecular weight is 428 g/mol. The largest absolute Gasteiger partial charge is 0.493 e. The van der Waals surface area contributed by atoms with Crippen molar-refractivity contribution in [1.29, 1.82) is 0 Å². The Morgan fingerprint density at radius 2 is 1.69 bits per heavy atom. The van der Waals surface area contributed by atoms with Gasteiger partial charge in [-0.25, -0.2) is 0 Å². The molecule has 2 aliphatic rings. The number of fused-ring (bicyclic) bond motifs is 2. The fourth-order valence-corrected chi connectivity index (χ4v) is 4.34. The second-order valence-electron chi connectivity index (χ2n) is 7.54. The molecule has 5 rings (SSSR count). The van der Waals surface area contributed by atoms with Crippen LogP contribution in [0.25, 0.3) is 0 Å². The molecule has 0 fully saturated rings. The lowest BCUT2D eigenvalue weighted by Gasteiger charge is -2.26. The van der Waals surface area contributed by atoms with Gasteiger partial charge in [-0.1, -0.05) is 53.7 Å². The summed E-state index contributed by atoms with van der Waals surface area (Å²) < 4.78 is 10.8. The molecule has 1 amide bonds. The van der Waals surface area contributed by atoms with Crippen molar-refractivity contribution in [3.8, 4) is 11.5 Å². The van der Waals surface area contributed by atoms with Gasteiger partial charge in [0.15, 0.2) is 17.3 Å². The molecule has 0 saturated heterocycles. The van der Waals surface area contributed by atoms with Gasteiger partial charge in [-0.3, -0.25) is 9.59 Å². The maximum absolute atomic E-state index is 13.8. The van der Waals surface area contributed by atoms with Gasteiger partial charge in [0.1, 0.15) is 11.6 Å². The molecule has 2 aliphatic heterocycles. The van der Waals surface area contributed by atoms with Gasteiger partial charge in [0.2, 0.25) is 0 Å². The number of methoxy groups -OCH3 is 2. The van der Waals surface area contributed by atoms with Crippen LogP contribution in [0.15, 0.2) is 78.0 Å². The van der Waals surface area contributed by atoms with E-state index >= 15 is 0 Å². The second-order valence-corrected chi connectivity index (χ2v) is 7.54. The lowest BCUT2D eigenvalue weighted by Crippen LogP contribution is -2.46. The Hall–Kier alpha value is -4.13. The third-order valence-corrected chi connectivity index (χ3v) is 5.88. The number of ether oxygens (including phenoxy) is 2. The van der Waals surface area contributed by atoms with Gasteiger partial charge in [-0.05, 0) is 24.3 Å². The molecule has 0 aliphatic carbocycles. The molecule has 3 aromatic carbocycles. The van der Waals surface area contributed by atoms with E-state index in [0.717, 1.165) is 0 Å². The molecule has 32 heavy (non-hydrogen) atoms. The van der Waals surface area contributed by atoms with Crippen molar-refractivity contribution in [1.82, 2.24) is 0 Å². The van der Waals surface area contributed by atoms with Gasteiger partial charge in [-0.2, -0.15) is 0 Å². The van der Waals surface area contributed by atoms with Gasteiger partial charge >= 0.3 is 0 Å². The molecule has 7 heteroatoms. The minimum absolute atomic E-state index is 0.261. The van der Waals surface area contributed by atoms with E-state index < -0.39 is 17.4 Å². The standard InChI is InChI=1S/C25H20N2O5/c1-30-19-13-12-16(14-20(19)31-2)22-21(23(28)15-8-4-3-5-9-15)25(32-27-22)17-10-6-7-11-18(17)26-24(25)29/h3-14,21H,1-2H3,(H,26,29)/t21-,25-/m1/s1. The van der Waals surface area contributed by atoms with E-state index in [2.05, 4.69) is 10.5 Å². The highest BCUT2D eigenvalue weighted by atomic mass is 16.7. The Morgan fingerprint density at radius 1 is 0.969 bits per heavy atom. The molecule has 1 N–H and O–H groups in total. The van der Waals surface area contributed by atoms with Gasteiger partial charge < -0.3 is 19.6 Å². The topological polar surface area (TPSA) is 86.2 Å². The summed E-state index contributed by atoms with van der Waals surface area (Å²) in [5.41, 5.74) is 1.02. The van der Waals surface area contributed by atoms with Crippen LogP contribution in [0.1, 0.15) is 21.5 Å². The highest BCUT2D eigenvalue weighted by molar-refractivity contribution is 6.24. The van der Waals surface area contributed by atoms with Crippen molar-refractivity contribution < 1.29 is 23.9 Å². The van der Waals surface area contributed by atoms with Crippen LogP contribution in [0, 0.1) is 5.92 Å². The fraction of sp³-hybridized carbons (Fsp3) is 0.160. The first-order valence-corrected chi connectivity index (χ1v) is 10.1. The summed E-state index contributed by atoms with van der Waals surface area (Å²) in [6.45, 7) is 0. The van der Waals surface area contributed by atoms with Crippen LogP contribution in [0.2, 0.25) is 0 Å². The quantitative estimate of drug-likeness (QED) is 0.625. The van der Waals surface area contributed by atoms with Crippen molar-refractivity contribution in [2.24, 2.45) is 11.1 Å². The smallest absolute Gasteiger partial charge is 0.277 e. The molecule has 7 nitrogen and oxygen atoms in total. The minimum atomic E-state index is -1.59. The van der Waals surface area contributed by atoms with Gasteiger partial charge in [0.25, 0.3) is 11.5 Å². The summed E-state index contributed by atoms with van der Waals surface area (Å²) in [5.74, 6) is -0.654. The van der Waals surface area contributed by atoms with Crippen molar-refractivity contribution in [2.45, 2.75) is 5.60 Å². The van der Waals surface area contributed by atoms with Crippen molar-refractivity contribution >= 4 is 23.1 Å². The predicted octanol–water partition coefficient (Wildman–Crippen LogP) is 3.78. The van der Waals surface area contributed by atoms with Crippen molar-refractivity contribution in [3.63, 3.8) is 0 Å². The van der Waals surface area contributed by atoms with Gasteiger partial charge in [0, 0.05) is 22.4 Å². The molecule has 0 saturated carbocycles. The number of hydrogen-bond donors (Lipinski definition) is 1.